The first-order valence-corrected chi connectivity index (χ1v) is 29.2. The van der Waals surface area contributed by atoms with E-state index in [1.54, 1.807) is 0 Å². The van der Waals surface area contributed by atoms with Crippen molar-refractivity contribution in [2.45, 2.75) is 131 Å². The van der Waals surface area contributed by atoms with Crippen molar-refractivity contribution in [2.24, 2.45) is 0 Å². The molecule has 2 aliphatic rings. The zero-order valence-electron chi connectivity index (χ0n) is 47.6. The van der Waals surface area contributed by atoms with Gasteiger partial charge < -0.3 is 14.7 Å². The molecule has 76 heavy (non-hydrogen) atoms. The van der Waals surface area contributed by atoms with Crippen LogP contribution in [0.4, 0.5) is 51.2 Å². The van der Waals surface area contributed by atoms with Gasteiger partial charge in [0.2, 0.25) is 0 Å². The molecule has 3 heterocycles. The predicted octanol–water partition coefficient (Wildman–Crippen LogP) is 16.6. The van der Waals surface area contributed by atoms with Gasteiger partial charge in [-0.25, -0.2) is 0 Å². The Morgan fingerprint density at radius 3 is 1.32 bits per heavy atom. The van der Waals surface area contributed by atoms with E-state index in [1.807, 2.05) is 11.3 Å². The molecule has 0 saturated carbocycles. The molecule has 0 saturated heterocycles. The minimum atomic E-state index is -0.0190. The van der Waals surface area contributed by atoms with Crippen molar-refractivity contribution < 1.29 is 0 Å². The van der Waals surface area contributed by atoms with Crippen LogP contribution < -0.4 is 40.8 Å². The first kappa shape index (κ1) is 51.5. The highest BCUT2D eigenvalue weighted by molar-refractivity contribution is 7.33. The van der Waals surface area contributed by atoms with Crippen molar-refractivity contribution in [1.29, 1.82) is 0 Å². The smallest absolute Gasteiger partial charge is 0.264 e. The highest BCUT2D eigenvalue weighted by Crippen LogP contribution is 2.50. The molecule has 1 aromatic heterocycles. The van der Waals surface area contributed by atoms with E-state index in [1.165, 1.54) is 92.4 Å². The molecule has 6 heteroatoms. The molecule has 0 amide bonds. The summed E-state index contributed by atoms with van der Waals surface area (Å²) < 4.78 is 2.70. The molecule has 9 aromatic rings. The second-order valence-electron chi connectivity index (χ2n) is 26.6. The Hall–Kier alpha value is -6.60. The highest BCUT2D eigenvalue weighted by atomic mass is 32.1. The minimum absolute atomic E-state index is 0.00549. The van der Waals surface area contributed by atoms with Gasteiger partial charge in [0.05, 0.1) is 5.69 Å². The molecule has 0 spiro atoms. The molecule has 2 aliphatic heterocycles. The summed E-state index contributed by atoms with van der Waals surface area (Å²) in [7, 11) is 0.460. The summed E-state index contributed by atoms with van der Waals surface area (Å²) in [5, 5.41) is 3.95. The van der Waals surface area contributed by atoms with Gasteiger partial charge in [0.25, 0.3) is 6.71 Å². The number of thiophene rings is 1. The van der Waals surface area contributed by atoms with Crippen molar-refractivity contribution in [3.63, 3.8) is 0 Å². The fraction of sp³-hybridized carbons (Fsp3) is 0.286. The van der Waals surface area contributed by atoms with Crippen LogP contribution in [0.25, 0.3) is 10.1 Å². The molecule has 0 atom stereocenters. The van der Waals surface area contributed by atoms with Crippen LogP contribution in [-0.2, 0) is 27.1 Å². The van der Waals surface area contributed by atoms with E-state index >= 15 is 0 Å². The molecule has 0 aliphatic carbocycles. The van der Waals surface area contributed by atoms with E-state index < -0.39 is 0 Å². The van der Waals surface area contributed by atoms with Crippen LogP contribution in [-0.4, -0.2) is 16.2 Å². The van der Waals surface area contributed by atoms with Crippen LogP contribution in [0.5, 0.6) is 0 Å². The standard InChI is InChI=1S/C70H74BN3SSi/c1-66(2,3)45-21-30-50(31-22-45)72(51-32-23-46(24-33-51)67(4,5)6)54-38-39-58-59(42-54)73(52-34-25-47(26-35-52)68(7,8)9)60-43-56(76-55-19-17-16-18-20-55)44-61-63(60)71(58)65-64(57-41-49(70(13,14)15)29-40-62(57)75-65)74(61)53-36-27-48(28-37-53)69(10,11)12/h16-44H,1-15H3. The molecule has 3 nitrogen and oxygen atoms in total. The number of anilines is 9. The maximum absolute atomic E-state index is 2.64. The van der Waals surface area contributed by atoms with E-state index in [4.69, 9.17) is 0 Å². The van der Waals surface area contributed by atoms with Crippen molar-refractivity contribution in [3.8, 4) is 0 Å². The van der Waals surface area contributed by atoms with E-state index in [9.17, 15) is 0 Å². The first-order chi connectivity index (χ1) is 35.8. The Labute approximate surface area is 461 Å². The molecule has 0 fully saturated rings. The lowest BCUT2D eigenvalue weighted by molar-refractivity contribution is 0.590. The van der Waals surface area contributed by atoms with Gasteiger partial charge in [-0.1, -0.05) is 205 Å². The summed E-state index contributed by atoms with van der Waals surface area (Å²) in [6.45, 7) is 34.6. The molecule has 0 unspecified atom stereocenters. The van der Waals surface area contributed by atoms with Crippen LogP contribution >= 0.6 is 11.3 Å². The van der Waals surface area contributed by atoms with Crippen LogP contribution in [0, 0.1) is 0 Å². The zero-order valence-corrected chi connectivity index (χ0v) is 49.4. The topological polar surface area (TPSA) is 9.72 Å². The van der Waals surface area contributed by atoms with Gasteiger partial charge in [-0.3, -0.25) is 0 Å². The Kier molecular flexibility index (Phi) is 12.6. The average Bonchev–Trinajstić information content (AvgIpc) is 3.79. The maximum Gasteiger partial charge on any atom is 0.264 e. The third kappa shape index (κ3) is 9.44. The lowest BCUT2D eigenvalue weighted by atomic mass is 9.36. The predicted molar refractivity (Wildman–Crippen MR) is 335 cm³/mol. The fourth-order valence-electron chi connectivity index (χ4n) is 11.3. The summed E-state index contributed by atoms with van der Waals surface area (Å²) in [6.07, 6.45) is 0. The summed E-state index contributed by atoms with van der Waals surface area (Å²) in [6, 6.07) is 68.2. The van der Waals surface area contributed by atoms with E-state index in [0.29, 0.717) is 9.52 Å². The van der Waals surface area contributed by atoms with Crippen molar-refractivity contribution >= 4 is 115 Å². The molecule has 0 N–H and O–H groups in total. The number of benzene rings is 8. The Bertz CT molecular complexity index is 3560. The van der Waals surface area contributed by atoms with Crippen molar-refractivity contribution in [3.05, 3.63) is 204 Å². The average molecular weight is 1030 g/mol. The van der Waals surface area contributed by atoms with Gasteiger partial charge >= 0.3 is 0 Å². The normalized spacial score (nSPS) is 13.7. The van der Waals surface area contributed by atoms with Gasteiger partial charge in [0.1, 0.15) is 9.52 Å². The van der Waals surface area contributed by atoms with Gasteiger partial charge in [-0.05, 0) is 151 Å². The van der Waals surface area contributed by atoms with Gasteiger partial charge in [-0.15, -0.1) is 11.3 Å². The molecule has 0 bridgehead atoms. The summed E-state index contributed by atoms with van der Waals surface area (Å²) >= 11 is 1.98. The fourth-order valence-corrected chi connectivity index (χ4v) is 13.7. The Balaban J connectivity index is 1.22. The third-order valence-corrected chi connectivity index (χ3v) is 18.2. The second-order valence-corrected chi connectivity index (χ2v) is 29.1. The molecule has 2 radical (unpaired) electrons. The summed E-state index contributed by atoms with van der Waals surface area (Å²) in [5.74, 6) is 0. The molecule has 11 rings (SSSR count). The lowest BCUT2D eigenvalue weighted by Crippen LogP contribution is -2.61. The maximum atomic E-state index is 2.64. The van der Waals surface area contributed by atoms with E-state index in [2.05, 4.69) is 294 Å². The van der Waals surface area contributed by atoms with E-state index in [0.717, 1.165) is 22.7 Å². The van der Waals surface area contributed by atoms with Crippen LogP contribution in [0.15, 0.2) is 176 Å². The van der Waals surface area contributed by atoms with Crippen LogP contribution in [0.3, 0.4) is 0 Å². The zero-order chi connectivity index (χ0) is 53.9. The Morgan fingerprint density at radius 2 is 0.829 bits per heavy atom. The highest BCUT2D eigenvalue weighted by Gasteiger charge is 2.46. The number of rotatable bonds is 7. The van der Waals surface area contributed by atoms with Crippen LogP contribution in [0.2, 0.25) is 0 Å². The number of hydrogen-bond donors (Lipinski definition) is 0. The van der Waals surface area contributed by atoms with E-state index in [-0.39, 0.29) is 33.8 Å². The monoisotopic (exact) mass is 1030 g/mol. The SMILES string of the molecule is CC(C)(C)c1ccc(N(c2ccc(C(C)(C)C)cc2)c2ccc3c(c2)N(c2ccc(C(C)(C)C)cc2)c2cc([Si]c4ccccc4)cc4c2B3c2sc3ccc(C(C)(C)C)cc3c2N4c2ccc(C(C)(C)C)cc2)cc1. The van der Waals surface area contributed by atoms with Crippen LogP contribution in [0.1, 0.15) is 132 Å². The number of nitrogens with zero attached hydrogens (tertiary/aromatic N) is 3. The first-order valence-electron chi connectivity index (χ1n) is 27.4. The van der Waals surface area contributed by atoms with Gasteiger partial charge in [-0.2, -0.15) is 0 Å². The molecule has 382 valence electrons. The largest absolute Gasteiger partial charge is 0.311 e. The number of fused-ring (bicyclic) bond motifs is 6. The summed E-state index contributed by atoms with van der Waals surface area (Å²) in [5.41, 5.74) is 20.1. The molecular weight excluding hydrogens is 954 g/mol. The lowest BCUT2D eigenvalue weighted by Gasteiger charge is -2.44. The Morgan fingerprint density at radius 1 is 0.395 bits per heavy atom. The molecule has 8 aromatic carbocycles. The van der Waals surface area contributed by atoms with Crippen molar-refractivity contribution in [2.75, 3.05) is 14.7 Å². The number of hydrogen-bond acceptors (Lipinski definition) is 4. The van der Waals surface area contributed by atoms with Crippen molar-refractivity contribution in [1.82, 2.24) is 0 Å². The quantitative estimate of drug-likeness (QED) is 0.147. The minimum Gasteiger partial charge on any atom is -0.311 e. The summed E-state index contributed by atoms with van der Waals surface area (Å²) in [4.78, 5) is 7.73. The van der Waals surface area contributed by atoms with Gasteiger partial charge in [0, 0.05) is 60.4 Å². The molecular formula is C70H74BN3SSi. The second kappa shape index (κ2) is 18.6. The van der Waals surface area contributed by atoms with Gasteiger partial charge in [0.15, 0.2) is 0 Å². The third-order valence-electron chi connectivity index (χ3n) is 15.8.